The highest BCUT2D eigenvalue weighted by Gasteiger charge is 2.37. The molecular weight excluding hydrogens is 404 g/mol. The largest absolute Gasteiger partial charge is 0.379 e. The summed E-state index contributed by atoms with van der Waals surface area (Å²) in [6.45, 7) is 6.22. The Labute approximate surface area is 181 Å². The van der Waals surface area contributed by atoms with Gasteiger partial charge >= 0.3 is 0 Å². The molecule has 0 bridgehead atoms. The van der Waals surface area contributed by atoms with Gasteiger partial charge < -0.3 is 19.4 Å². The molecule has 1 aromatic heterocycles. The fourth-order valence-electron chi connectivity index (χ4n) is 4.42. The van der Waals surface area contributed by atoms with Crippen LogP contribution in [0, 0.1) is 0 Å². The smallest absolute Gasteiger partial charge is 0.245 e. The molecule has 1 atom stereocenters. The predicted octanol–water partition coefficient (Wildman–Crippen LogP) is 0.285. The third kappa shape index (κ3) is 5.01. The van der Waals surface area contributed by atoms with Crippen LogP contribution in [0.2, 0.25) is 0 Å². The zero-order chi connectivity index (χ0) is 20.9. The zero-order valence-corrected chi connectivity index (χ0v) is 18.1. The van der Waals surface area contributed by atoms with Crippen molar-refractivity contribution in [3.63, 3.8) is 0 Å². The molecule has 3 fully saturated rings. The van der Waals surface area contributed by atoms with Gasteiger partial charge in [-0.15, -0.1) is 11.3 Å². The Balaban J connectivity index is 1.27. The number of hydrogen-bond donors (Lipinski definition) is 0. The Bertz CT molecular complexity index is 742. The first-order valence-corrected chi connectivity index (χ1v) is 11.7. The van der Waals surface area contributed by atoms with Crippen LogP contribution in [0.4, 0.5) is 0 Å². The maximum atomic E-state index is 13.1. The Morgan fingerprint density at radius 3 is 2.40 bits per heavy atom. The van der Waals surface area contributed by atoms with Crippen LogP contribution in [0.1, 0.15) is 17.7 Å². The molecular formula is C21H30N4O4S. The zero-order valence-electron chi connectivity index (χ0n) is 17.3. The third-order valence-electron chi connectivity index (χ3n) is 6.17. The number of ether oxygens (including phenoxy) is 1. The summed E-state index contributed by atoms with van der Waals surface area (Å²) in [5.41, 5.74) is 0. The van der Waals surface area contributed by atoms with E-state index in [0.29, 0.717) is 58.9 Å². The molecule has 3 saturated heterocycles. The van der Waals surface area contributed by atoms with Crippen LogP contribution in [0.15, 0.2) is 17.5 Å². The summed E-state index contributed by atoms with van der Waals surface area (Å²) in [6.07, 6.45) is 1.96. The Hall–Kier alpha value is -1.97. The van der Waals surface area contributed by atoms with Crippen molar-refractivity contribution in [2.75, 3.05) is 65.6 Å². The van der Waals surface area contributed by atoms with E-state index in [1.165, 1.54) is 0 Å². The van der Waals surface area contributed by atoms with E-state index < -0.39 is 0 Å². The number of carbonyl (C=O) groups excluding carboxylic acids is 3. The molecule has 3 aliphatic heterocycles. The molecule has 3 amide bonds. The van der Waals surface area contributed by atoms with Crippen molar-refractivity contribution in [1.29, 1.82) is 0 Å². The second-order valence-corrected chi connectivity index (χ2v) is 9.13. The molecule has 3 aliphatic rings. The lowest BCUT2D eigenvalue weighted by molar-refractivity contribution is -0.146. The van der Waals surface area contributed by atoms with Gasteiger partial charge in [-0.2, -0.15) is 0 Å². The van der Waals surface area contributed by atoms with Crippen molar-refractivity contribution < 1.29 is 19.1 Å². The minimum absolute atomic E-state index is 0.0345. The van der Waals surface area contributed by atoms with E-state index in [4.69, 9.17) is 4.74 Å². The summed E-state index contributed by atoms with van der Waals surface area (Å²) in [6, 6.07) is 3.55. The fraction of sp³-hybridized carbons (Fsp3) is 0.667. The van der Waals surface area contributed by atoms with Gasteiger partial charge in [0, 0.05) is 50.7 Å². The van der Waals surface area contributed by atoms with Gasteiger partial charge in [0.25, 0.3) is 0 Å². The molecule has 4 rings (SSSR count). The SMILES string of the molecule is O=C(CN1CCOCC1)N1CCN(C(=O)C2CCCN2C(=O)Cc2cccs2)CC1. The van der Waals surface area contributed by atoms with Crippen LogP contribution in [0.5, 0.6) is 0 Å². The molecule has 4 heterocycles. The van der Waals surface area contributed by atoms with E-state index in [1.807, 2.05) is 27.3 Å². The van der Waals surface area contributed by atoms with E-state index >= 15 is 0 Å². The average molecular weight is 435 g/mol. The first-order chi connectivity index (χ1) is 14.6. The Morgan fingerprint density at radius 2 is 1.70 bits per heavy atom. The fourth-order valence-corrected chi connectivity index (χ4v) is 5.12. The van der Waals surface area contributed by atoms with Crippen LogP contribution in [0.3, 0.4) is 0 Å². The third-order valence-corrected chi connectivity index (χ3v) is 7.05. The van der Waals surface area contributed by atoms with Crippen LogP contribution in [0.25, 0.3) is 0 Å². The summed E-state index contributed by atoms with van der Waals surface area (Å²) in [7, 11) is 0. The van der Waals surface area contributed by atoms with Gasteiger partial charge in [-0.25, -0.2) is 0 Å². The minimum atomic E-state index is -0.354. The van der Waals surface area contributed by atoms with Gasteiger partial charge in [-0.3, -0.25) is 19.3 Å². The number of carbonyl (C=O) groups is 3. The molecule has 0 radical (unpaired) electrons. The first kappa shape index (κ1) is 21.3. The average Bonchev–Trinajstić information content (AvgIpc) is 3.46. The lowest BCUT2D eigenvalue weighted by Gasteiger charge is -2.38. The monoisotopic (exact) mass is 434 g/mol. The van der Waals surface area contributed by atoms with E-state index in [1.54, 1.807) is 16.2 Å². The van der Waals surface area contributed by atoms with Crippen molar-refractivity contribution in [2.45, 2.75) is 25.3 Å². The van der Waals surface area contributed by atoms with Gasteiger partial charge in [-0.05, 0) is 24.3 Å². The second-order valence-electron chi connectivity index (χ2n) is 8.10. The molecule has 164 valence electrons. The van der Waals surface area contributed by atoms with Crippen LogP contribution >= 0.6 is 11.3 Å². The van der Waals surface area contributed by atoms with Gasteiger partial charge in [-0.1, -0.05) is 6.07 Å². The summed E-state index contributed by atoms with van der Waals surface area (Å²) < 4.78 is 5.33. The van der Waals surface area contributed by atoms with Gasteiger partial charge in [0.15, 0.2) is 0 Å². The molecule has 0 aliphatic carbocycles. The highest BCUT2D eigenvalue weighted by Crippen LogP contribution is 2.22. The van der Waals surface area contributed by atoms with Crippen LogP contribution in [-0.4, -0.2) is 109 Å². The standard InChI is InChI=1S/C21H30N4O4S/c26-19(15-17-3-2-14-30-17)25-5-1-4-18(25)21(28)24-8-6-23(7-9-24)20(27)16-22-10-12-29-13-11-22/h2-3,14,18H,1,4-13,15-16H2. The van der Waals surface area contributed by atoms with Gasteiger partial charge in [0.2, 0.25) is 17.7 Å². The van der Waals surface area contributed by atoms with Crippen molar-refractivity contribution in [2.24, 2.45) is 0 Å². The molecule has 0 N–H and O–H groups in total. The maximum Gasteiger partial charge on any atom is 0.245 e. The topological polar surface area (TPSA) is 73.4 Å². The second kappa shape index (κ2) is 9.89. The first-order valence-electron chi connectivity index (χ1n) is 10.8. The number of morpholine rings is 1. The minimum Gasteiger partial charge on any atom is -0.379 e. The highest BCUT2D eigenvalue weighted by molar-refractivity contribution is 7.10. The number of rotatable bonds is 5. The van der Waals surface area contributed by atoms with E-state index in [2.05, 4.69) is 4.90 Å². The number of piperazine rings is 1. The van der Waals surface area contributed by atoms with Crippen molar-refractivity contribution >= 4 is 29.1 Å². The van der Waals surface area contributed by atoms with Crippen molar-refractivity contribution in [1.82, 2.24) is 19.6 Å². The van der Waals surface area contributed by atoms with Crippen molar-refractivity contribution in [3.8, 4) is 0 Å². The molecule has 1 aromatic rings. The summed E-state index contributed by atoms with van der Waals surface area (Å²) in [5.74, 6) is 0.192. The summed E-state index contributed by atoms with van der Waals surface area (Å²) in [4.78, 5) is 47.0. The number of nitrogens with zero attached hydrogens (tertiary/aromatic N) is 4. The summed E-state index contributed by atoms with van der Waals surface area (Å²) >= 11 is 1.57. The van der Waals surface area contributed by atoms with E-state index in [-0.39, 0.29) is 23.8 Å². The number of hydrogen-bond acceptors (Lipinski definition) is 6. The summed E-state index contributed by atoms with van der Waals surface area (Å²) in [5, 5.41) is 1.97. The number of likely N-dealkylation sites (tertiary alicyclic amines) is 1. The number of amides is 3. The van der Waals surface area contributed by atoms with Gasteiger partial charge in [0.1, 0.15) is 6.04 Å². The molecule has 0 saturated carbocycles. The Kier molecular flexibility index (Phi) is 7.01. The van der Waals surface area contributed by atoms with E-state index in [9.17, 15) is 14.4 Å². The molecule has 30 heavy (non-hydrogen) atoms. The van der Waals surface area contributed by atoms with E-state index in [0.717, 1.165) is 30.8 Å². The lowest BCUT2D eigenvalue weighted by Crippen LogP contribution is -2.56. The number of thiophene rings is 1. The Morgan fingerprint density at radius 1 is 0.967 bits per heavy atom. The van der Waals surface area contributed by atoms with Crippen molar-refractivity contribution in [3.05, 3.63) is 22.4 Å². The molecule has 9 heteroatoms. The molecule has 8 nitrogen and oxygen atoms in total. The highest BCUT2D eigenvalue weighted by atomic mass is 32.1. The van der Waals surface area contributed by atoms with Crippen LogP contribution in [-0.2, 0) is 25.5 Å². The quantitative estimate of drug-likeness (QED) is 0.666. The normalized spacial score (nSPS) is 23.1. The predicted molar refractivity (Wildman–Crippen MR) is 113 cm³/mol. The van der Waals surface area contributed by atoms with Gasteiger partial charge in [0.05, 0.1) is 26.2 Å². The lowest BCUT2D eigenvalue weighted by atomic mass is 10.1. The molecule has 1 unspecified atom stereocenters. The molecule has 0 spiro atoms. The maximum absolute atomic E-state index is 13.1. The molecule has 0 aromatic carbocycles. The van der Waals surface area contributed by atoms with Crippen LogP contribution < -0.4 is 0 Å².